The number of benzene rings is 2. The third-order valence-corrected chi connectivity index (χ3v) is 5.30. The molecular formula is C21H21N3O7S. The first-order valence-corrected chi connectivity index (χ1v) is 11.2. The summed E-state index contributed by atoms with van der Waals surface area (Å²) in [7, 11) is -3.71. The van der Waals surface area contributed by atoms with Crippen molar-refractivity contribution in [3.8, 4) is 5.75 Å². The molecule has 11 heteroatoms. The van der Waals surface area contributed by atoms with Crippen LogP contribution in [0.3, 0.4) is 0 Å². The number of amides is 1. The molecule has 0 saturated carbocycles. The number of carbonyl (C=O) groups excluding carboxylic acids is 2. The lowest BCUT2D eigenvalue weighted by Crippen LogP contribution is -2.24. The molecule has 3 aromatic rings. The second-order valence-corrected chi connectivity index (χ2v) is 8.87. The van der Waals surface area contributed by atoms with E-state index < -0.39 is 34.3 Å². The lowest BCUT2D eigenvalue weighted by molar-refractivity contribution is -0.139. The number of hydrogen-bond donors (Lipinski definition) is 3. The van der Waals surface area contributed by atoms with Gasteiger partial charge >= 0.3 is 5.97 Å². The van der Waals surface area contributed by atoms with Crippen molar-refractivity contribution in [2.75, 3.05) is 17.6 Å². The van der Waals surface area contributed by atoms with Crippen molar-refractivity contribution in [2.45, 2.75) is 13.5 Å². The summed E-state index contributed by atoms with van der Waals surface area (Å²) in [6.45, 7) is 1.11. The number of nitrogens with two attached hydrogens (primary N) is 1. The second kappa shape index (κ2) is 8.71. The molecule has 2 aromatic carbocycles. The van der Waals surface area contributed by atoms with Crippen molar-refractivity contribution in [1.29, 1.82) is 0 Å². The van der Waals surface area contributed by atoms with Gasteiger partial charge in [0.15, 0.2) is 6.61 Å². The normalized spacial score (nSPS) is 11.3. The smallest absolute Gasteiger partial charge is 0.341 e. The Morgan fingerprint density at radius 3 is 2.34 bits per heavy atom. The van der Waals surface area contributed by atoms with Crippen LogP contribution in [0.1, 0.15) is 21.6 Å². The molecule has 4 N–H and O–H groups in total. The summed E-state index contributed by atoms with van der Waals surface area (Å²) in [6, 6.07) is 11.9. The standard InChI is InChI=1S/C21H21N3O7S/c1-12-17(20(27)21(22)28)18-15(31-11-16(25)26)9-8-14(23-32(2,29)30)19(18)24(12)10-13-6-4-3-5-7-13/h3-9,23H,10-11H2,1-2H3,(H2,22,28)(H,25,26). The fourth-order valence-electron chi connectivity index (χ4n) is 3.48. The average molecular weight is 459 g/mol. The van der Waals surface area contributed by atoms with Gasteiger partial charge in [0.05, 0.1) is 28.4 Å². The Kier molecular flexibility index (Phi) is 6.21. The number of ether oxygens (including phenoxy) is 1. The van der Waals surface area contributed by atoms with E-state index in [1.165, 1.54) is 12.1 Å². The number of Topliss-reactive ketones (excluding diaryl/α,β-unsaturated/α-hetero) is 1. The number of carbonyl (C=O) groups is 3. The molecule has 0 spiro atoms. The lowest BCUT2D eigenvalue weighted by Gasteiger charge is -2.14. The van der Waals surface area contributed by atoms with E-state index in [1.807, 2.05) is 30.3 Å². The Morgan fingerprint density at radius 1 is 1.12 bits per heavy atom. The minimum atomic E-state index is -3.71. The Labute approximate surface area is 183 Å². The first-order valence-electron chi connectivity index (χ1n) is 9.36. The molecule has 0 unspecified atom stereocenters. The SMILES string of the molecule is Cc1c(C(=O)C(N)=O)c2c(OCC(=O)O)ccc(NS(C)(=O)=O)c2n1Cc1ccccc1. The summed E-state index contributed by atoms with van der Waals surface area (Å²) in [5.74, 6) is -3.46. The Morgan fingerprint density at radius 2 is 1.78 bits per heavy atom. The molecule has 0 aliphatic heterocycles. The highest BCUT2D eigenvalue weighted by Gasteiger charge is 2.28. The number of nitrogens with one attached hydrogen (secondary N) is 1. The summed E-state index contributed by atoms with van der Waals surface area (Å²) >= 11 is 0. The van der Waals surface area contributed by atoms with Gasteiger partial charge < -0.3 is 20.1 Å². The van der Waals surface area contributed by atoms with E-state index >= 15 is 0 Å². The summed E-state index contributed by atoms with van der Waals surface area (Å²) in [6.07, 6.45) is 0.973. The van der Waals surface area contributed by atoms with E-state index in [9.17, 15) is 22.8 Å². The third kappa shape index (κ3) is 4.72. The van der Waals surface area contributed by atoms with Crippen LogP contribution in [0.25, 0.3) is 10.9 Å². The first kappa shape index (κ1) is 22.8. The molecule has 0 atom stereocenters. The van der Waals surface area contributed by atoms with Gasteiger partial charge in [-0.15, -0.1) is 0 Å². The molecule has 168 valence electrons. The number of carboxylic acids is 1. The van der Waals surface area contributed by atoms with Crippen LogP contribution in [-0.4, -0.2) is 48.6 Å². The van der Waals surface area contributed by atoms with Crippen LogP contribution in [0.4, 0.5) is 5.69 Å². The molecule has 1 amide bonds. The number of hydrogen-bond acceptors (Lipinski definition) is 6. The van der Waals surface area contributed by atoms with Crippen LogP contribution in [0.2, 0.25) is 0 Å². The fourth-order valence-corrected chi connectivity index (χ4v) is 4.05. The van der Waals surface area contributed by atoms with Crippen LogP contribution in [0.15, 0.2) is 42.5 Å². The topological polar surface area (TPSA) is 158 Å². The Hall–Kier alpha value is -3.86. The average Bonchev–Trinajstić information content (AvgIpc) is 2.99. The number of anilines is 1. The van der Waals surface area contributed by atoms with Crippen LogP contribution in [0, 0.1) is 6.92 Å². The molecule has 3 rings (SSSR count). The molecule has 0 radical (unpaired) electrons. The monoisotopic (exact) mass is 459 g/mol. The fraction of sp³-hybridized carbons (Fsp3) is 0.190. The molecule has 1 aromatic heterocycles. The maximum atomic E-state index is 12.7. The van der Waals surface area contributed by atoms with Crippen LogP contribution < -0.4 is 15.2 Å². The number of aromatic nitrogens is 1. The molecule has 32 heavy (non-hydrogen) atoms. The maximum absolute atomic E-state index is 12.7. The Bertz CT molecular complexity index is 1330. The molecular weight excluding hydrogens is 438 g/mol. The molecule has 0 aliphatic carbocycles. The molecule has 0 saturated heterocycles. The zero-order valence-corrected chi connectivity index (χ0v) is 18.1. The molecule has 1 heterocycles. The van der Waals surface area contributed by atoms with Gasteiger partial charge in [0.2, 0.25) is 10.0 Å². The second-order valence-electron chi connectivity index (χ2n) is 7.12. The van der Waals surface area contributed by atoms with Gasteiger partial charge in [-0.1, -0.05) is 30.3 Å². The van der Waals surface area contributed by atoms with Gasteiger partial charge in [-0.05, 0) is 24.6 Å². The van der Waals surface area contributed by atoms with Gasteiger partial charge in [-0.25, -0.2) is 13.2 Å². The van der Waals surface area contributed by atoms with E-state index in [0.29, 0.717) is 5.69 Å². The highest BCUT2D eigenvalue weighted by Crippen LogP contribution is 2.39. The number of aliphatic carboxylic acids is 1. The number of fused-ring (bicyclic) bond motifs is 1. The van der Waals surface area contributed by atoms with Crippen molar-refractivity contribution in [1.82, 2.24) is 4.57 Å². The Balaban J connectivity index is 2.40. The van der Waals surface area contributed by atoms with Crippen molar-refractivity contribution in [3.63, 3.8) is 0 Å². The van der Waals surface area contributed by atoms with Gasteiger partial charge in [-0.2, -0.15) is 0 Å². The molecule has 0 bridgehead atoms. The third-order valence-electron chi connectivity index (χ3n) is 4.71. The van der Waals surface area contributed by atoms with E-state index in [0.717, 1.165) is 11.8 Å². The number of primary amides is 1. The number of rotatable bonds is 9. The molecule has 0 fully saturated rings. The number of ketones is 1. The summed E-state index contributed by atoms with van der Waals surface area (Å²) in [5.41, 5.74) is 6.74. The van der Waals surface area contributed by atoms with E-state index in [2.05, 4.69) is 4.72 Å². The molecule has 10 nitrogen and oxygen atoms in total. The van der Waals surface area contributed by atoms with Crippen LogP contribution in [0.5, 0.6) is 5.75 Å². The van der Waals surface area contributed by atoms with E-state index in [-0.39, 0.29) is 34.4 Å². The predicted molar refractivity (Wildman–Crippen MR) is 117 cm³/mol. The predicted octanol–water partition coefficient (Wildman–Crippen LogP) is 1.50. The number of nitrogens with zero attached hydrogens (tertiary/aromatic N) is 1. The number of carboxylic acid groups (broad SMARTS) is 1. The largest absolute Gasteiger partial charge is 0.481 e. The highest BCUT2D eigenvalue weighted by atomic mass is 32.2. The minimum Gasteiger partial charge on any atom is -0.481 e. The van der Waals surface area contributed by atoms with E-state index in [4.69, 9.17) is 15.6 Å². The molecule has 0 aliphatic rings. The van der Waals surface area contributed by atoms with Gasteiger partial charge in [0.1, 0.15) is 5.75 Å². The van der Waals surface area contributed by atoms with Crippen molar-refractivity contribution in [3.05, 3.63) is 59.3 Å². The zero-order valence-electron chi connectivity index (χ0n) is 17.3. The van der Waals surface area contributed by atoms with Crippen molar-refractivity contribution >= 4 is 44.3 Å². The lowest BCUT2D eigenvalue weighted by atomic mass is 10.0. The summed E-state index contributed by atoms with van der Waals surface area (Å²) in [5, 5.41) is 9.11. The van der Waals surface area contributed by atoms with Crippen molar-refractivity contribution in [2.24, 2.45) is 5.73 Å². The van der Waals surface area contributed by atoms with Crippen LogP contribution in [-0.2, 0) is 26.2 Å². The highest BCUT2D eigenvalue weighted by molar-refractivity contribution is 7.92. The van der Waals surface area contributed by atoms with Crippen molar-refractivity contribution < 1.29 is 32.6 Å². The van der Waals surface area contributed by atoms with Gasteiger partial charge in [0, 0.05) is 12.2 Å². The van der Waals surface area contributed by atoms with Gasteiger partial charge in [-0.3, -0.25) is 14.3 Å². The summed E-state index contributed by atoms with van der Waals surface area (Å²) < 4.78 is 33.4. The van der Waals surface area contributed by atoms with Crippen LogP contribution >= 0.6 is 0 Å². The summed E-state index contributed by atoms with van der Waals surface area (Å²) in [4.78, 5) is 35.5. The van der Waals surface area contributed by atoms with E-state index in [1.54, 1.807) is 11.5 Å². The minimum absolute atomic E-state index is 0.000891. The van der Waals surface area contributed by atoms with Gasteiger partial charge in [0.25, 0.3) is 11.7 Å². The zero-order chi connectivity index (χ0) is 23.6. The number of sulfonamides is 1. The quantitative estimate of drug-likeness (QED) is 0.323. The first-order chi connectivity index (χ1) is 15.0. The maximum Gasteiger partial charge on any atom is 0.341 e.